The molecule has 0 fully saturated rings. The third kappa shape index (κ3) is 7.23. The van der Waals surface area contributed by atoms with E-state index in [1.165, 1.54) is 12.3 Å². The van der Waals surface area contributed by atoms with E-state index in [0.29, 0.717) is 22.0 Å². The monoisotopic (exact) mass is 447 g/mol. The van der Waals surface area contributed by atoms with Crippen LogP contribution in [0.1, 0.15) is 11.1 Å². The summed E-state index contributed by atoms with van der Waals surface area (Å²) in [4.78, 5) is 35.6. The van der Waals surface area contributed by atoms with Crippen molar-refractivity contribution in [3.8, 4) is 5.75 Å². The van der Waals surface area contributed by atoms with Crippen LogP contribution < -0.4 is 15.5 Å². The molecule has 0 aliphatic rings. The number of hydrogen-bond donors (Lipinski definition) is 2. The van der Waals surface area contributed by atoms with E-state index in [2.05, 4.69) is 15.8 Å². The number of amides is 2. The van der Waals surface area contributed by atoms with E-state index < -0.39 is 17.8 Å². The van der Waals surface area contributed by atoms with Crippen LogP contribution in [0.15, 0.2) is 90.0 Å². The number of ether oxygens (including phenoxy) is 1. The molecule has 0 spiro atoms. The summed E-state index contributed by atoms with van der Waals surface area (Å²) in [6.07, 6.45) is 4.36. The number of hydrazone groups is 1. The fourth-order valence-corrected chi connectivity index (χ4v) is 2.56. The summed E-state index contributed by atoms with van der Waals surface area (Å²) in [6.45, 7) is 0. The minimum atomic E-state index is -0.924. The molecular weight excluding hydrogens is 430 g/mol. The fraction of sp³-hybridized carbons (Fsp3) is 0. The Morgan fingerprint density at radius 2 is 1.50 bits per heavy atom. The molecule has 0 heterocycles. The lowest BCUT2D eigenvalue weighted by Gasteiger charge is -2.04. The van der Waals surface area contributed by atoms with E-state index in [0.717, 1.165) is 5.56 Å². The molecule has 8 heteroatoms. The number of benzene rings is 3. The SMILES string of the molecule is O=C(/C=C/c1ccccc1)Oc1ccc(/C=N\NC(=O)C(=O)Nc2ccc(Cl)cc2)cc1. The molecule has 0 aliphatic carbocycles. The van der Waals surface area contributed by atoms with Gasteiger partial charge < -0.3 is 10.1 Å². The van der Waals surface area contributed by atoms with Gasteiger partial charge in [-0.15, -0.1) is 0 Å². The van der Waals surface area contributed by atoms with Gasteiger partial charge in [0.2, 0.25) is 0 Å². The third-order valence-corrected chi connectivity index (χ3v) is 4.25. The van der Waals surface area contributed by atoms with Crippen molar-refractivity contribution in [2.45, 2.75) is 0 Å². The van der Waals surface area contributed by atoms with Gasteiger partial charge in [0.25, 0.3) is 0 Å². The second kappa shape index (κ2) is 11.2. The summed E-state index contributed by atoms with van der Waals surface area (Å²) in [5.74, 6) is -1.94. The molecule has 3 aromatic carbocycles. The van der Waals surface area contributed by atoms with Gasteiger partial charge in [-0.25, -0.2) is 10.2 Å². The van der Waals surface area contributed by atoms with E-state index in [4.69, 9.17) is 16.3 Å². The van der Waals surface area contributed by atoms with Crippen molar-refractivity contribution in [1.29, 1.82) is 0 Å². The van der Waals surface area contributed by atoms with Gasteiger partial charge in [-0.1, -0.05) is 41.9 Å². The van der Waals surface area contributed by atoms with E-state index in [-0.39, 0.29) is 0 Å². The lowest BCUT2D eigenvalue weighted by Crippen LogP contribution is -2.32. The van der Waals surface area contributed by atoms with Gasteiger partial charge in [-0.05, 0) is 65.7 Å². The Kier molecular flexibility index (Phi) is 7.89. The Morgan fingerprint density at radius 3 is 2.19 bits per heavy atom. The molecule has 0 atom stereocenters. The molecule has 0 radical (unpaired) electrons. The van der Waals surface area contributed by atoms with Gasteiger partial charge in [0, 0.05) is 16.8 Å². The zero-order chi connectivity index (χ0) is 22.8. The van der Waals surface area contributed by atoms with Crippen molar-refractivity contribution in [3.05, 3.63) is 101 Å². The smallest absolute Gasteiger partial charge is 0.336 e. The molecule has 2 N–H and O–H groups in total. The zero-order valence-corrected chi connectivity index (χ0v) is 17.5. The van der Waals surface area contributed by atoms with Crippen molar-refractivity contribution >= 4 is 47.4 Å². The van der Waals surface area contributed by atoms with Crippen molar-refractivity contribution in [1.82, 2.24) is 5.43 Å². The molecule has 160 valence electrons. The van der Waals surface area contributed by atoms with E-state index in [9.17, 15) is 14.4 Å². The highest BCUT2D eigenvalue weighted by molar-refractivity contribution is 6.39. The predicted molar refractivity (Wildman–Crippen MR) is 123 cm³/mol. The highest BCUT2D eigenvalue weighted by Crippen LogP contribution is 2.13. The maximum Gasteiger partial charge on any atom is 0.336 e. The lowest BCUT2D eigenvalue weighted by atomic mass is 10.2. The van der Waals surface area contributed by atoms with Crippen LogP contribution >= 0.6 is 11.6 Å². The Bertz CT molecular complexity index is 1140. The molecule has 0 aromatic heterocycles. The number of hydrogen-bond acceptors (Lipinski definition) is 5. The van der Waals surface area contributed by atoms with Crippen LogP contribution in [-0.4, -0.2) is 24.0 Å². The maximum atomic E-state index is 11.9. The second-order valence-corrected chi connectivity index (χ2v) is 6.83. The van der Waals surface area contributed by atoms with E-state index in [1.807, 2.05) is 30.3 Å². The fourth-order valence-electron chi connectivity index (χ4n) is 2.44. The van der Waals surface area contributed by atoms with Crippen molar-refractivity contribution < 1.29 is 19.1 Å². The first-order valence-electron chi connectivity index (χ1n) is 9.44. The van der Waals surface area contributed by atoms with Crippen LogP contribution in [0, 0.1) is 0 Å². The standard InChI is InChI=1S/C24H18ClN3O4/c25-19-9-11-20(12-10-19)27-23(30)24(31)28-26-16-18-6-13-21(14-7-18)32-22(29)15-8-17-4-2-1-3-5-17/h1-16H,(H,27,30)(H,28,31)/b15-8+,26-16-. The maximum absolute atomic E-state index is 11.9. The van der Waals surface area contributed by atoms with Gasteiger partial charge in [0.15, 0.2) is 0 Å². The summed E-state index contributed by atoms with van der Waals surface area (Å²) in [7, 11) is 0. The zero-order valence-electron chi connectivity index (χ0n) is 16.7. The van der Waals surface area contributed by atoms with Crippen LogP contribution in [0.3, 0.4) is 0 Å². The summed E-state index contributed by atoms with van der Waals surface area (Å²) in [5.41, 5.74) is 4.09. The van der Waals surface area contributed by atoms with Gasteiger partial charge in [-0.2, -0.15) is 5.10 Å². The van der Waals surface area contributed by atoms with Gasteiger partial charge in [-0.3, -0.25) is 9.59 Å². The number of anilines is 1. The molecule has 0 saturated heterocycles. The molecule has 3 aromatic rings. The largest absolute Gasteiger partial charge is 0.423 e. The Labute approximate surface area is 189 Å². The number of carbonyl (C=O) groups is 3. The Morgan fingerprint density at radius 1 is 0.812 bits per heavy atom. The Hall–Kier alpha value is -4.23. The number of nitrogens with one attached hydrogen (secondary N) is 2. The first-order chi connectivity index (χ1) is 15.5. The Balaban J connectivity index is 1.46. The molecule has 32 heavy (non-hydrogen) atoms. The second-order valence-electron chi connectivity index (χ2n) is 6.39. The van der Waals surface area contributed by atoms with Crippen LogP contribution in [0.25, 0.3) is 6.08 Å². The summed E-state index contributed by atoms with van der Waals surface area (Å²) in [6, 6.07) is 22.2. The molecule has 0 unspecified atom stereocenters. The first-order valence-corrected chi connectivity index (χ1v) is 9.82. The average Bonchev–Trinajstić information content (AvgIpc) is 2.81. The molecule has 0 aliphatic heterocycles. The molecule has 3 rings (SSSR count). The minimum absolute atomic E-state index is 0.358. The number of nitrogens with zero attached hydrogens (tertiary/aromatic N) is 1. The third-order valence-electron chi connectivity index (χ3n) is 4.00. The number of rotatable bonds is 6. The first kappa shape index (κ1) is 22.5. The van der Waals surface area contributed by atoms with Crippen LogP contribution in [0.2, 0.25) is 5.02 Å². The highest BCUT2D eigenvalue weighted by Gasteiger charge is 2.12. The molecule has 2 amide bonds. The van der Waals surface area contributed by atoms with Gasteiger partial charge in [0.1, 0.15) is 5.75 Å². The van der Waals surface area contributed by atoms with Gasteiger partial charge >= 0.3 is 17.8 Å². The number of halogens is 1. The van der Waals surface area contributed by atoms with E-state index in [1.54, 1.807) is 54.6 Å². The summed E-state index contributed by atoms with van der Waals surface area (Å²) in [5, 5.41) is 6.69. The van der Waals surface area contributed by atoms with Gasteiger partial charge in [0.05, 0.1) is 6.21 Å². The summed E-state index contributed by atoms with van der Waals surface area (Å²) < 4.78 is 5.23. The molecule has 7 nitrogen and oxygen atoms in total. The highest BCUT2D eigenvalue weighted by atomic mass is 35.5. The van der Waals surface area contributed by atoms with Crippen LogP contribution in [-0.2, 0) is 14.4 Å². The lowest BCUT2D eigenvalue weighted by molar-refractivity contribution is -0.136. The topological polar surface area (TPSA) is 96.9 Å². The average molecular weight is 448 g/mol. The van der Waals surface area contributed by atoms with Crippen molar-refractivity contribution in [3.63, 3.8) is 0 Å². The molecular formula is C24H18ClN3O4. The summed E-state index contributed by atoms with van der Waals surface area (Å²) >= 11 is 5.77. The van der Waals surface area contributed by atoms with E-state index >= 15 is 0 Å². The van der Waals surface area contributed by atoms with Crippen LogP contribution in [0.5, 0.6) is 5.75 Å². The normalized spacial score (nSPS) is 10.8. The van der Waals surface area contributed by atoms with Crippen LogP contribution in [0.4, 0.5) is 5.69 Å². The molecule has 0 bridgehead atoms. The number of esters is 1. The van der Waals surface area contributed by atoms with Crippen molar-refractivity contribution in [2.24, 2.45) is 5.10 Å². The number of carbonyl (C=O) groups excluding carboxylic acids is 3. The van der Waals surface area contributed by atoms with Crippen molar-refractivity contribution in [2.75, 3.05) is 5.32 Å². The predicted octanol–water partition coefficient (Wildman–Crippen LogP) is 4.05. The minimum Gasteiger partial charge on any atom is -0.423 e. The quantitative estimate of drug-likeness (QED) is 0.149. The molecule has 0 saturated carbocycles.